The number of ether oxygens (including phenoxy) is 2. The summed E-state index contributed by atoms with van der Waals surface area (Å²) in [5.74, 6) is 3.99. The molecule has 4 rings (SSSR count). The maximum absolute atomic E-state index is 5.85. The van der Waals surface area contributed by atoms with E-state index in [0.29, 0.717) is 10.8 Å². The Morgan fingerprint density at radius 3 is 2.19 bits per heavy atom. The molecule has 0 aromatic rings. The van der Waals surface area contributed by atoms with Crippen molar-refractivity contribution in [3.8, 4) is 0 Å². The quantitative estimate of drug-likeness (QED) is 0.440. The molecule has 0 bridgehead atoms. The van der Waals surface area contributed by atoms with Crippen LogP contribution in [0.1, 0.15) is 78.6 Å². The molecule has 0 N–H and O–H groups in total. The van der Waals surface area contributed by atoms with E-state index in [0.717, 1.165) is 42.4 Å². The van der Waals surface area contributed by atoms with Crippen molar-refractivity contribution < 1.29 is 9.47 Å². The zero-order valence-electron chi connectivity index (χ0n) is 17.8. The molecule has 26 heavy (non-hydrogen) atoms. The van der Waals surface area contributed by atoms with Gasteiger partial charge >= 0.3 is 0 Å². The van der Waals surface area contributed by atoms with E-state index >= 15 is 0 Å². The monoisotopic (exact) mass is 360 g/mol. The van der Waals surface area contributed by atoms with Gasteiger partial charge in [0.15, 0.2) is 5.79 Å². The highest BCUT2D eigenvalue weighted by atomic mass is 16.7. The molecular formula is C24H40O2. The van der Waals surface area contributed by atoms with Crippen LogP contribution in [-0.2, 0) is 9.47 Å². The first-order chi connectivity index (χ1) is 12.3. The number of allylic oxidation sites excluding steroid dienone is 1. The first-order valence-electron chi connectivity index (χ1n) is 11.1. The molecule has 4 saturated carbocycles. The predicted molar refractivity (Wildman–Crippen MR) is 107 cm³/mol. The summed E-state index contributed by atoms with van der Waals surface area (Å²) in [6, 6.07) is 0. The smallest absolute Gasteiger partial charge is 0.167 e. The maximum atomic E-state index is 5.85. The Hall–Kier alpha value is -0.340. The summed E-state index contributed by atoms with van der Waals surface area (Å²) in [4.78, 5) is 0. The minimum Gasteiger partial charge on any atom is -0.353 e. The maximum Gasteiger partial charge on any atom is 0.167 e. The molecule has 0 aromatic heterocycles. The summed E-state index contributed by atoms with van der Waals surface area (Å²) in [7, 11) is 3.67. The largest absolute Gasteiger partial charge is 0.353 e. The van der Waals surface area contributed by atoms with Crippen molar-refractivity contribution in [2.45, 2.75) is 84.3 Å². The van der Waals surface area contributed by atoms with Gasteiger partial charge < -0.3 is 9.47 Å². The van der Waals surface area contributed by atoms with E-state index in [4.69, 9.17) is 9.47 Å². The van der Waals surface area contributed by atoms with Crippen LogP contribution in [0.4, 0.5) is 0 Å². The van der Waals surface area contributed by atoms with Crippen LogP contribution in [-0.4, -0.2) is 20.0 Å². The van der Waals surface area contributed by atoms with Gasteiger partial charge in [-0.2, -0.15) is 0 Å². The lowest BCUT2D eigenvalue weighted by Crippen LogP contribution is -2.56. The Morgan fingerprint density at radius 2 is 1.54 bits per heavy atom. The molecule has 7 unspecified atom stereocenters. The second-order valence-corrected chi connectivity index (χ2v) is 10.7. The molecule has 2 nitrogen and oxygen atoms in total. The lowest BCUT2D eigenvalue weighted by molar-refractivity contribution is -0.261. The van der Waals surface area contributed by atoms with Crippen molar-refractivity contribution in [1.29, 1.82) is 0 Å². The molecule has 0 aromatic carbocycles. The average molecular weight is 361 g/mol. The average Bonchev–Trinajstić information content (AvgIpc) is 2.99. The van der Waals surface area contributed by atoms with Crippen molar-refractivity contribution in [1.82, 2.24) is 0 Å². The molecule has 0 radical (unpaired) electrons. The van der Waals surface area contributed by atoms with Crippen molar-refractivity contribution in [3.05, 3.63) is 12.2 Å². The van der Waals surface area contributed by atoms with E-state index in [1.165, 1.54) is 50.5 Å². The fourth-order valence-electron chi connectivity index (χ4n) is 8.46. The number of rotatable bonds is 3. The van der Waals surface area contributed by atoms with Crippen LogP contribution in [0.15, 0.2) is 12.2 Å². The van der Waals surface area contributed by atoms with Gasteiger partial charge in [-0.1, -0.05) is 26.0 Å². The number of hydrogen-bond donors (Lipinski definition) is 0. The molecule has 2 heteroatoms. The number of methoxy groups -OCH3 is 2. The normalized spacial score (nSPS) is 49.8. The van der Waals surface area contributed by atoms with Gasteiger partial charge in [0.05, 0.1) is 0 Å². The fourth-order valence-corrected chi connectivity index (χ4v) is 8.46. The molecule has 4 aliphatic rings. The molecule has 0 spiro atoms. The lowest BCUT2D eigenvalue weighted by Gasteiger charge is -2.62. The lowest BCUT2D eigenvalue weighted by atomic mass is 9.44. The van der Waals surface area contributed by atoms with E-state index in [1.807, 2.05) is 14.2 Å². The molecule has 0 amide bonds. The zero-order valence-corrected chi connectivity index (χ0v) is 17.8. The third kappa shape index (κ3) is 2.50. The van der Waals surface area contributed by atoms with Crippen molar-refractivity contribution in [2.75, 3.05) is 14.2 Å². The first kappa shape index (κ1) is 19.0. The molecule has 0 saturated heterocycles. The van der Waals surface area contributed by atoms with Crippen LogP contribution in [0.3, 0.4) is 0 Å². The van der Waals surface area contributed by atoms with Gasteiger partial charge in [-0.25, -0.2) is 0 Å². The number of fused-ring (bicyclic) bond motifs is 5. The van der Waals surface area contributed by atoms with Crippen LogP contribution in [0.25, 0.3) is 0 Å². The molecule has 0 heterocycles. The van der Waals surface area contributed by atoms with Gasteiger partial charge in [0, 0.05) is 27.1 Å². The molecule has 7 atom stereocenters. The van der Waals surface area contributed by atoms with Crippen LogP contribution < -0.4 is 0 Å². The van der Waals surface area contributed by atoms with E-state index < -0.39 is 0 Å². The Kier molecular flexibility index (Phi) is 4.63. The summed E-state index contributed by atoms with van der Waals surface area (Å²) in [6.07, 6.45) is 11.9. The third-order valence-electron chi connectivity index (χ3n) is 10.0. The van der Waals surface area contributed by atoms with Crippen molar-refractivity contribution >= 4 is 0 Å². The van der Waals surface area contributed by atoms with E-state index in [-0.39, 0.29) is 5.79 Å². The topological polar surface area (TPSA) is 18.5 Å². The summed E-state index contributed by atoms with van der Waals surface area (Å²) >= 11 is 0. The van der Waals surface area contributed by atoms with Gasteiger partial charge in [-0.3, -0.25) is 0 Å². The molecule has 4 aliphatic carbocycles. The molecule has 148 valence electrons. The summed E-state index contributed by atoms with van der Waals surface area (Å²) in [6.45, 7) is 11.9. The van der Waals surface area contributed by atoms with E-state index in [9.17, 15) is 0 Å². The Balaban J connectivity index is 1.58. The van der Waals surface area contributed by atoms with Gasteiger partial charge in [0.1, 0.15) is 0 Å². The van der Waals surface area contributed by atoms with Crippen LogP contribution in [0, 0.1) is 40.4 Å². The van der Waals surface area contributed by atoms with Gasteiger partial charge in [-0.15, -0.1) is 0 Å². The van der Waals surface area contributed by atoms with Crippen LogP contribution in [0.2, 0.25) is 0 Å². The van der Waals surface area contributed by atoms with Crippen LogP contribution in [0.5, 0.6) is 0 Å². The van der Waals surface area contributed by atoms with Crippen LogP contribution >= 0.6 is 0 Å². The highest BCUT2D eigenvalue weighted by Gasteiger charge is 2.61. The SMILES string of the molecule is C=C(C)C1CCC2C3CCC4CC(OC)(OC)CCC4(C)C3CCC12C. The zero-order chi connectivity index (χ0) is 18.7. The van der Waals surface area contributed by atoms with Crippen molar-refractivity contribution in [2.24, 2.45) is 40.4 Å². The summed E-state index contributed by atoms with van der Waals surface area (Å²) < 4.78 is 11.7. The third-order valence-corrected chi connectivity index (χ3v) is 10.0. The predicted octanol–water partition coefficient (Wildman–Crippen LogP) is 6.21. The van der Waals surface area contributed by atoms with E-state index in [2.05, 4.69) is 27.4 Å². The molecule has 0 aliphatic heterocycles. The second-order valence-electron chi connectivity index (χ2n) is 10.7. The minimum atomic E-state index is -0.321. The fraction of sp³-hybridized carbons (Fsp3) is 0.917. The highest BCUT2D eigenvalue weighted by molar-refractivity contribution is 5.15. The standard InChI is InChI=1S/C24H40O2/c1-16(2)19-9-10-20-18-8-7-17-15-24(25-5,26-6)14-13-22(17,3)21(18)11-12-23(19,20)4/h17-21H,1,7-15H2,2-6H3. The van der Waals surface area contributed by atoms with Gasteiger partial charge in [0.2, 0.25) is 0 Å². The molecule has 4 fully saturated rings. The Morgan fingerprint density at radius 1 is 0.846 bits per heavy atom. The van der Waals surface area contributed by atoms with E-state index in [1.54, 1.807) is 0 Å². The van der Waals surface area contributed by atoms with Crippen molar-refractivity contribution in [3.63, 3.8) is 0 Å². The molecular weight excluding hydrogens is 320 g/mol. The Bertz CT molecular complexity index is 565. The summed E-state index contributed by atoms with van der Waals surface area (Å²) in [5, 5.41) is 0. The highest BCUT2D eigenvalue weighted by Crippen LogP contribution is 2.68. The Labute approximate surface area is 161 Å². The number of hydrogen-bond acceptors (Lipinski definition) is 2. The second kappa shape index (κ2) is 6.34. The summed E-state index contributed by atoms with van der Waals surface area (Å²) in [5.41, 5.74) is 2.45. The first-order valence-corrected chi connectivity index (χ1v) is 11.1. The van der Waals surface area contributed by atoms with Gasteiger partial charge in [0.25, 0.3) is 0 Å². The minimum absolute atomic E-state index is 0.321. The van der Waals surface area contributed by atoms with Gasteiger partial charge in [-0.05, 0) is 92.3 Å².